The number of nitrogens with zero attached hydrogens (tertiary/aromatic N) is 1. The smallest absolute Gasteiger partial charge is 0.246 e. The molecule has 0 aliphatic carbocycles. The summed E-state index contributed by atoms with van der Waals surface area (Å²) in [5.74, 6) is -0.0272. The van der Waals surface area contributed by atoms with E-state index >= 15 is 0 Å². The van der Waals surface area contributed by atoms with E-state index in [1.165, 1.54) is 0 Å². The molecule has 0 bridgehead atoms. The summed E-state index contributed by atoms with van der Waals surface area (Å²) < 4.78 is 6.25. The van der Waals surface area contributed by atoms with E-state index in [1.807, 2.05) is 38.1 Å². The molecule has 0 radical (unpaired) electrons. The van der Waals surface area contributed by atoms with Gasteiger partial charge in [0.2, 0.25) is 5.91 Å². The Balaban J connectivity index is 2.18. The fourth-order valence-corrected chi connectivity index (χ4v) is 3.80. The lowest BCUT2D eigenvalue weighted by Crippen LogP contribution is -2.39. The Morgan fingerprint density at radius 2 is 2.18 bits per heavy atom. The maximum absolute atomic E-state index is 12.3. The van der Waals surface area contributed by atoms with Gasteiger partial charge < -0.3 is 9.64 Å². The van der Waals surface area contributed by atoms with Crippen molar-refractivity contribution in [1.29, 1.82) is 0 Å². The van der Waals surface area contributed by atoms with Crippen molar-refractivity contribution in [3.63, 3.8) is 0 Å². The second kappa shape index (κ2) is 7.77. The SMILES string of the molecule is CCN(C(=O)C=Cc1sc2ccccc2c1Cl)C(C)COC. The molecule has 0 spiro atoms. The third kappa shape index (κ3) is 3.69. The lowest BCUT2D eigenvalue weighted by atomic mass is 10.2. The monoisotopic (exact) mass is 337 g/mol. The Labute approximate surface area is 140 Å². The number of thiophene rings is 1. The molecule has 2 aromatic rings. The van der Waals surface area contributed by atoms with E-state index < -0.39 is 0 Å². The van der Waals surface area contributed by atoms with Gasteiger partial charge in [0.15, 0.2) is 0 Å². The number of ether oxygens (including phenoxy) is 1. The van der Waals surface area contributed by atoms with E-state index in [9.17, 15) is 4.79 Å². The summed E-state index contributed by atoms with van der Waals surface area (Å²) >= 11 is 7.97. The third-order valence-corrected chi connectivity index (χ3v) is 5.16. The van der Waals surface area contributed by atoms with E-state index in [2.05, 4.69) is 0 Å². The molecule has 118 valence electrons. The molecule has 0 saturated carbocycles. The minimum Gasteiger partial charge on any atom is -0.383 e. The number of carbonyl (C=O) groups is 1. The molecule has 1 amide bonds. The van der Waals surface area contributed by atoms with Crippen LogP contribution in [0.1, 0.15) is 18.7 Å². The molecule has 3 nitrogen and oxygen atoms in total. The van der Waals surface area contributed by atoms with Crippen LogP contribution in [-0.4, -0.2) is 37.1 Å². The Kier molecular flexibility index (Phi) is 6.00. The molecule has 1 atom stereocenters. The third-order valence-electron chi connectivity index (χ3n) is 3.50. The van der Waals surface area contributed by atoms with E-state index in [0.717, 1.165) is 15.0 Å². The quantitative estimate of drug-likeness (QED) is 0.729. The number of likely N-dealkylation sites (N-methyl/N-ethyl adjacent to an activating group) is 1. The maximum Gasteiger partial charge on any atom is 0.246 e. The summed E-state index contributed by atoms with van der Waals surface area (Å²) in [6, 6.07) is 8.02. The molecule has 2 rings (SSSR count). The molecule has 0 fully saturated rings. The van der Waals surface area contributed by atoms with Crippen LogP contribution in [0.4, 0.5) is 0 Å². The molecule has 1 unspecified atom stereocenters. The van der Waals surface area contributed by atoms with Gasteiger partial charge in [-0.25, -0.2) is 0 Å². The van der Waals surface area contributed by atoms with Gasteiger partial charge in [-0.2, -0.15) is 0 Å². The van der Waals surface area contributed by atoms with Crippen molar-refractivity contribution >= 4 is 45.0 Å². The highest BCUT2D eigenvalue weighted by Gasteiger charge is 2.16. The topological polar surface area (TPSA) is 29.5 Å². The van der Waals surface area contributed by atoms with E-state index in [0.29, 0.717) is 18.2 Å². The van der Waals surface area contributed by atoms with Gasteiger partial charge in [-0.3, -0.25) is 4.79 Å². The molecule has 0 saturated heterocycles. The summed E-state index contributed by atoms with van der Waals surface area (Å²) in [5, 5.41) is 1.74. The molecular formula is C17H20ClNO2S. The van der Waals surface area contributed by atoms with Crippen LogP contribution in [0.25, 0.3) is 16.2 Å². The van der Waals surface area contributed by atoms with Crippen LogP contribution >= 0.6 is 22.9 Å². The Bertz CT molecular complexity index is 680. The molecule has 5 heteroatoms. The Hall–Kier alpha value is -1.36. The molecular weight excluding hydrogens is 318 g/mol. The number of halogens is 1. The van der Waals surface area contributed by atoms with Crippen molar-refractivity contribution in [3.8, 4) is 0 Å². The second-order valence-electron chi connectivity index (χ2n) is 5.04. The van der Waals surface area contributed by atoms with Gasteiger partial charge in [-0.15, -0.1) is 11.3 Å². The molecule has 22 heavy (non-hydrogen) atoms. The van der Waals surface area contributed by atoms with Crippen molar-refractivity contribution in [2.45, 2.75) is 19.9 Å². The summed E-state index contributed by atoms with van der Waals surface area (Å²) in [6.45, 7) is 5.11. The normalized spacial score (nSPS) is 12.9. The fraction of sp³-hybridized carbons (Fsp3) is 0.353. The number of carbonyl (C=O) groups excluding carboxylic acids is 1. The number of amides is 1. The van der Waals surface area contributed by atoms with Crippen molar-refractivity contribution < 1.29 is 9.53 Å². The largest absolute Gasteiger partial charge is 0.383 e. The first kappa shape index (κ1) is 17.0. The van der Waals surface area contributed by atoms with Crippen LogP contribution in [0.2, 0.25) is 5.02 Å². The van der Waals surface area contributed by atoms with Gasteiger partial charge >= 0.3 is 0 Å². The first-order chi connectivity index (χ1) is 10.6. The highest BCUT2D eigenvalue weighted by molar-refractivity contribution is 7.20. The standard InChI is InChI=1S/C17H20ClNO2S/c1-4-19(12(2)11-21-3)16(20)10-9-15-17(18)13-7-5-6-8-14(13)22-15/h5-10,12H,4,11H2,1-3H3. The average molecular weight is 338 g/mol. The van der Waals surface area contributed by atoms with Crippen LogP contribution in [0, 0.1) is 0 Å². The summed E-state index contributed by atoms with van der Waals surface area (Å²) in [4.78, 5) is 15.0. The zero-order valence-electron chi connectivity index (χ0n) is 13.0. The van der Waals surface area contributed by atoms with Gasteiger partial charge in [0.1, 0.15) is 0 Å². The first-order valence-electron chi connectivity index (χ1n) is 7.23. The first-order valence-corrected chi connectivity index (χ1v) is 8.42. The number of hydrogen-bond donors (Lipinski definition) is 0. The highest BCUT2D eigenvalue weighted by atomic mass is 35.5. The number of fused-ring (bicyclic) bond motifs is 1. The van der Waals surface area contributed by atoms with Gasteiger partial charge in [0, 0.05) is 34.7 Å². The molecule has 0 aliphatic rings. The van der Waals surface area contributed by atoms with Crippen LogP contribution in [0.5, 0.6) is 0 Å². The van der Waals surface area contributed by atoms with Gasteiger partial charge in [-0.1, -0.05) is 29.8 Å². The maximum atomic E-state index is 12.3. The van der Waals surface area contributed by atoms with Crippen molar-refractivity contribution in [2.75, 3.05) is 20.3 Å². The van der Waals surface area contributed by atoms with Crippen LogP contribution < -0.4 is 0 Å². The summed E-state index contributed by atoms with van der Waals surface area (Å²) in [6.07, 6.45) is 3.39. The summed E-state index contributed by atoms with van der Waals surface area (Å²) in [7, 11) is 1.64. The second-order valence-corrected chi connectivity index (χ2v) is 6.50. The molecule has 1 aromatic carbocycles. The van der Waals surface area contributed by atoms with Gasteiger partial charge in [0.05, 0.1) is 17.7 Å². The lowest BCUT2D eigenvalue weighted by molar-refractivity contribution is -0.128. The number of benzene rings is 1. The van der Waals surface area contributed by atoms with Gasteiger partial charge in [0.25, 0.3) is 0 Å². The van der Waals surface area contributed by atoms with Crippen LogP contribution in [0.15, 0.2) is 30.3 Å². The molecule has 0 N–H and O–H groups in total. The van der Waals surface area contributed by atoms with Crippen molar-refractivity contribution in [3.05, 3.63) is 40.2 Å². The number of methoxy groups -OCH3 is 1. The molecule has 1 aromatic heterocycles. The highest BCUT2D eigenvalue weighted by Crippen LogP contribution is 2.35. The number of hydrogen-bond acceptors (Lipinski definition) is 3. The Morgan fingerprint density at radius 3 is 2.82 bits per heavy atom. The molecule has 0 aliphatic heterocycles. The zero-order chi connectivity index (χ0) is 16.1. The zero-order valence-corrected chi connectivity index (χ0v) is 14.6. The predicted octanol–water partition coefficient (Wildman–Crippen LogP) is 4.45. The summed E-state index contributed by atoms with van der Waals surface area (Å²) in [5.41, 5.74) is 0. The molecule has 1 heterocycles. The van der Waals surface area contributed by atoms with E-state index in [4.69, 9.17) is 16.3 Å². The Morgan fingerprint density at radius 1 is 1.45 bits per heavy atom. The minimum atomic E-state index is -0.0272. The van der Waals surface area contributed by atoms with Crippen LogP contribution in [0.3, 0.4) is 0 Å². The van der Waals surface area contributed by atoms with Gasteiger partial charge in [-0.05, 0) is 26.0 Å². The minimum absolute atomic E-state index is 0.0272. The predicted molar refractivity (Wildman–Crippen MR) is 94.6 cm³/mol. The number of rotatable bonds is 6. The lowest BCUT2D eigenvalue weighted by Gasteiger charge is -2.26. The van der Waals surface area contributed by atoms with Crippen molar-refractivity contribution in [1.82, 2.24) is 4.90 Å². The average Bonchev–Trinajstić information content (AvgIpc) is 2.83. The van der Waals surface area contributed by atoms with E-state index in [1.54, 1.807) is 35.5 Å². The van der Waals surface area contributed by atoms with Crippen molar-refractivity contribution in [2.24, 2.45) is 0 Å². The van der Waals surface area contributed by atoms with E-state index in [-0.39, 0.29) is 11.9 Å². The van der Waals surface area contributed by atoms with Crippen LogP contribution in [-0.2, 0) is 9.53 Å². The fourth-order valence-electron chi connectivity index (χ4n) is 2.40.